The Balaban J connectivity index is 1.76. The van der Waals surface area contributed by atoms with E-state index < -0.39 is 15.8 Å². The third-order valence-electron chi connectivity index (χ3n) is 5.25. The Morgan fingerprint density at radius 2 is 1.90 bits per heavy atom. The molecule has 0 radical (unpaired) electrons. The van der Waals surface area contributed by atoms with Gasteiger partial charge < -0.3 is 4.90 Å². The van der Waals surface area contributed by atoms with E-state index in [1.807, 2.05) is 6.92 Å². The van der Waals surface area contributed by atoms with Crippen LogP contribution in [-0.4, -0.2) is 43.2 Å². The zero-order valence-corrected chi connectivity index (χ0v) is 18.0. The minimum absolute atomic E-state index is 0.00961. The topological polar surface area (TPSA) is 57.7 Å². The molecule has 1 heterocycles. The van der Waals surface area contributed by atoms with Crippen molar-refractivity contribution in [1.29, 1.82) is 0 Å². The normalized spacial score (nSPS) is 17.9. The highest BCUT2D eigenvalue weighted by atomic mass is 35.5. The maximum absolute atomic E-state index is 14.0. The third kappa shape index (κ3) is 4.63. The summed E-state index contributed by atoms with van der Waals surface area (Å²) in [5.41, 5.74) is 0.564. The Bertz CT molecular complexity index is 975. The summed E-state index contributed by atoms with van der Waals surface area (Å²) in [5, 5.41) is 0.252. The summed E-state index contributed by atoms with van der Waals surface area (Å²) in [6, 6.07) is 10.2. The average molecular weight is 439 g/mol. The Morgan fingerprint density at radius 3 is 2.52 bits per heavy atom. The van der Waals surface area contributed by atoms with Gasteiger partial charge in [0.25, 0.3) is 5.91 Å². The molecule has 1 atom stereocenters. The first-order valence-electron chi connectivity index (χ1n) is 9.52. The van der Waals surface area contributed by atoms with Crippen LogP contribution in [0.15, 0.2) is 47.4 Å². The van der Waals surface area contributed by atoms with Crippen LogP contribution < -0.4 is 0 Å². The second-order valence-electron chi connectivity index (χ2n) is 7.35. The SMILES string of the molecule is CC1CCCCN1S(=O)(=O)c1ccc(C(=O)N(C)Cc2c(F)cccc2Cl)cc1. The Morgan fingerprint density at radius 1 is 1.21 bits per heavy atom. The van der Waals surface area contributed by atoms with Gasteiger partial charge >= 0.3 is 0 Å². The summed E-state index contributed by atoms with van der Waals surface area (Å²) in [4.78, 5) is 14.2. The van der Waals surface area contributed by atoms with Crippen LogP contribution in [0.5, 0.6) is 0 Å². The van der Waals surface area contributed by atoms with E-state index >= 15 is 0 Å². The van der Waals surface area contributed by atoms with E-state index in [2.05, 4.69) is 0 Å². The molecule has 0 aliphatic carbocycles. The van der Waals surface area contributed by atoms with Crippen LogP contribution in [0.1, 0.15) is 42.1 Å². The molecule has 0 N–H and O–H groups in total. The van der Waals surface area contributed by atoms with Crippen molar-refractivity contribution < 1.29 is 17.6 Å². The predicted octanol–water partition coefficient (Wildman–Crippen LogP) is 4.31. The number of sulfonamides is 1. The minimum atomic E-state index is -3.59. The second kappa shape index (κ2) is 8.81. The van der Waals surface area contributed by atoms with Crippen LogP contribution >= 0.6 is 11.6 Å². The highest BCUT2D eigenvalue weighted by Crippen LogP contribution is 2.26. The van der Waals surface area contributed by atoms with Crippen LogP contribution in [-0.2, 0) is 16.6 Å². The first kappa shape index (κ1) is 21.7. The van der Waals surface area contributed by atoms with Crippen molar-refractivity contribution in [3.63, 3.8) is 0 Å². The van der Waals surface area contributed by atoms with Gasteiger partial charge in [-0.15, -0.1) is 0 Å². The van der Waals surface area contributed by atoms with Crippen LogP contribution in [0.4, 0.5) is 4.39 Å². The standard InChI is InChI=1S/C21H24ClFN2O3S/c1-15-6-3-4-13-25(15)29(27,28)17-11-9-16(10-12-17)21(26)24(2)14-18-19(22)7-5-8-20(18)23/h5,7-12,15H,3-4,6,13-14H2,1-2H3. The molecule has 0 saturated carbocycles. The van der Waals surface area contributed by atoms with Gasteiger partial charge in [-0.2, -0.15) is 4.31 Å². The maximum atomic E-state index is 14.0. The van der Waals surface area contributed by atoms with E-state index in [0.717, 1.165) is 19.3 Å². The molecule has 156 valence electrons. The Kier molecular flexibility index (Phi) is 6.61. The predicted molar refractivity (Wildman–Crippen MR) is 111 cm³/mol. The van der Waals surface area contributed by atoms with Crippen molar-refractivity contribution in [2.45, 2.75) is 43.7 Å². The first-order valence-corrected chi connectivity index (χ1v) is 11.3. The molecule has 2 aromatic rings. The lowest BCUT2D eigenvalue weighted by atomic mass is 10.1. The highest BCUT2D eigenvalue weighted by molar-refractivity contribution is 7.89. The number of nitrogens with zero attached hydrogens (tertiary/aromatic N) is 2. The molecular formula is C21H24ClFN2O3S. The summed E-state index contributed by atoms with van der Waals surface area (Å²) in [6.07, 6.45) is 2.72. The van der Waals surface area contributed by atoms with Gasteiger partial charge in [-0.25, -0.2) is 12.8 Å². The number of halogens is 2. The van der Waals surface area contributed by atoms with Crippen LogP contribution in [0.3, 0.4) is 0 Å². The molecule has 1 fully saturated rings. The van der Waals surface area contributed by atoms with E-state index in [-0.39, 0.29) is 34.0 Å². The molecule has 1 saturated heterocycles. The van der Waals surface area contributed by atoms with Crippen molar-refractivity contribution in [3.05, 3.63) is 64.4 Å². The monoisotopic (exact) mass is 438 g/mol. The highest BCUT2D eigenvalue weighted by Gasteiger charge is 2.31. The molecule has 3 rings (SSSR count). The summed E-state index contributed by atoms with van der Waals surface area (Å²) in [5.74, 6) is -0.825. The number of hydrogen-bond donors (Lipinski definition) is 0. The van der Waals surface area contributed by atoms with E-state index in [9.17, 15) is 17.6 Å². The minimum Gasteiger partial charge on any atom is -0.337 e. The van der Waals surface area contributed by atoms with E-state index in [1.165, 1.54) is 45.6 Å². The molecule has 1 aliphatic heterocycles. The lowest BCUT2D eigenvalue weighted by Gasteiger charge is -2.32. The Hall–Kier alpha value is -1.96. The first-order chi connectivity index (χ1) is 13.7. The van der Waals surface area contributed by atoms with E-state index in [4.69, 9.17) is 11.6 Å². The lowest BCUT2D eigenvalue weighted by Crippen LogP contribution is -2.41. The molecule has 5 nitrogen and oxygen atoms in total. The fourth-order valence-corrected chi connectivity index (χ4v) is 5.47. The van der Waals surface area contributed by atoms with Gasteiger partial charge in [0.2, 0.25) is 10.0 Å². The van der Waals surface area contributed by atoms with Gasteiger partial charge in [-0.3, -0.25) is 4.79 Å². The number of rotatable bonds is 5. The third-order valence-corrected chi connectivity index (χ3v) is 7.64. The van der Waals surface area contributed by atoms with Crippen molar-refractivity contribution in [1.82, 2.24) is 9.21 Å². The zero-order valence-electron chi connectivity index (χ0n) is 16.4. The number of piperidine rings is 1. The van der Waals surface area contributed by atoms with Crippen LogP contribution in [0, 0.1) is 5.82 Å². The van der Waals surface area contributed by atoms with Crippen LogP contribution in [0.2, 0.25) is 5.02 Å². The molecule has 0 aromatic heterocycles. The molecular weight excluding hydrogens is 415 g/mol. The molecule has 1 aliphatic rings. The summed E-state index contributed by atoms with van der Waals surface area (Å²) < 4.78 is 41.3. The lowest BCUT2D eigenvalue weighted by molar-refractivity contribution is 0.0784. The van der Waals surface area contributed by atoms with Crippen molar-refractivity contribution in [2.24, 2.45) is 0 Å². The van der Waals surface area contributed by atoms with Gasteiger partial charge in [0.05, 0.1) is 4.90 Å². The van der Waals surface area contributed by atoms with E-state index in [0.29, 0.717) is 12.1 Å². The van der Waals surface area contributed by atoms with Crippen molar-refractivity contribution in [2.75, 3.05) is 13.6 Å². The second-order valence-corrected chi connectivity index (χ2v) is 9.64. The maximum Gasteiger partial charge on any atom is 0.253 e. The largest absolute Gasteiger partial charge is 0.337 e. The van der Waals surface area contributed by atoms with Crippen LogP contribution in [0.25, 0.3) is 0 Å². The van der Waals surface area contributed by atoms with Gasteiger partial charge in [0.1, 0.15) is 5.82 Å². The molecule has 0 bridgehead atoms. The fraction of sp³-hybridized carbons (Fsp3) is 0.381. The number of carbonyl (C=O) groups excluding carboxylic acids is 1. The number of benzene rings is 2. The molecule has 0 spiro atoms. The summed E-state index contributed by atoms with van der Waals surface area (Å²) >= 11 is 6.03. The van der Waals surface area contributed by atoms with Gasteiger partial charge in [-0.05, 0) is 56.2 Å². The van der Waals surface area contributed by atoms with Gasteiger partial charge in [0.15, 0.2) is 0 Å². The molecule has 1 amide bonds. The number of carbonyl (C=O) groups is 1. The number of hydrogen-bond acceptors (Lipinski definition) is 3. The molecule has 2 aromatic carbocycles. The fourth-order valence-electron chi connectivity index (χ4n) is 3.55. The molecule has 1 unspecified atom stereocenters. The van der Waals surface area contributed by atoms with Gasteiger partial charge in [0, 0.05) is 42.3 Å². The molecule has 8 heteroatoms. The average Bonchev–Trinajstić information content (AvgIpc) is 2.70. The smallest absolute Gasteiger partial charge is 0.253 e. The van der Waals surface area contributed by atoms with Crippen molar-refractivity contribution >= 4 is 27.5 Å². The van der Waals surface area contributed by atoms with Crippen molar-refractivity contribution in [3.8, 4) is 0 Å². The Labute approximate surface area is 176 Å². The van der Waals surface area contributed by atoms with Gasteiger partial charge in [-0.1, -0.05) is 24.1 Å². The van der Waals surface area contributed by atoms with E-state index in [1.54, 1.807) is 13.1 Å². The summed E-state index contributed by atoms with van der Waals surface area (Å²) in [6.45, 7) is 2.43. The summed E-state index contributed by atoms with van der Waals surface area (Å²) in [7, 11) is -2.05. The quantitative estimate of drug-likeness (QED) is 0.698. The number of amides is 1. The molecule has 29 heavy (non-hydrogen) atoms. The zero-order chi connectivity index (χ0) is 21.2.